The Balaban J connectivity index is 0.958. The molecule has 270 valence electrons. The molecule has 0 atom stereocenters. The molecule has 3 heteroatoms. The molecule has 0 N–H and O–H groups in total. The lowest BCUT2D eigenvalue weighted by Gasteiger charge is -2.12. The van der Waals surface area contributed by atoms with Crippen LogP contribution < -0.4 is 0 Å². The van der Waals surface area contributed by atoms with Gasteiger partial charge in [-0.25, -0.2) is 4.98 Å². The number of benzene rings is 8. The second-order valence-electron chi connectivity index (χ2n) is 15.0. The van der Waals surface area contributed by atoms with E-state index < -0.39 is 0 Å². The number of fused-ring (bicyclic) bond motifs is 4. The van der Waals surface area contributed by atoms with Crippen molar-refractivity contribution in [3.05, 3.63) is 213 Å². The molecule has 11 rings (SSSR count). The normalized spacial score (nSPS) is 11.4. The first-order chi connectivity index (χ1) is 28.7. The largest absolute Gasteiger partial charge is 0.264 e. The minimum Gasteiger partial charge on any atom is -0.264 e. The fraction of sp³-hybridized carbons (Fsp3) is 0. The summed E-state index contributed by atoms with van der Waals surface area (Å²) in [5, 5.41) is 9.66. The van der Waals surface area contributed by atoms with Crippen molar-refractivity contribution >= 4 is 43.1 Å². The van der Waals surface area contributed by atoms with Crippen LogP contribution in [-0.4, -0.2) is 15.0 Å². The van der Waals surface area contributed by atoms with Gasteiger partial charge in [-0.15, -0.1) is 0 Å². The average molecular weight is 738 g/mol. The van der Waals surface area contributed by atoms with Crippen molar-refractivity contribution in [2.75, 3.05) is 0 Å². The van der Waals surface area contributed by atoms with Gasteiger partial charge in [-0.05, 0) is 131 Å². The van der Waals surface area contributed by atoms with Crippen LogP contribution in [-0.2, 0) is 0 Å². The van der Waals surface area contributed by atoms with Crippen LogP contribution in [0, 0.1) is 0 Å². The van der Waals surface area contributed by atoms with E-state index in [0.717, 1.165) is 55.5 Å². The number of hydrogen-bond donors (Lipinski definition) is 0. The van der Waals surface area contributed by atoms with Gasteiger partial charge in [-0.2, -0.15) is 0 Å². The molecule has 0 aliphatic rings. The fourth-order valence-electron chi connectivity index (χ4n) is 8.16. The Morgan fingerprint density at radius 3 is 1.05 bits per heavy atom. The smallest absolute Gasteiger partial charge is 0.0715 e. The summed E-state index contributed by atoms with van der Waals surface area (Å²) >= 11 is 0. The van der Waals surface area contributed by atoms with Crippen LogP contribution in [0.1, 0.15) is 0 Å². The van der Waals surface area contributed by atoms with Crippen LogP contribution in [0.3, 0.4) is 0 Å². The van der Waals surface area contributed by atoms with E-state index in [1.807, 2.05) is 24.8 Å². The van der Waals surface area contributed by atoms with Gasteiger partial charge >= 0.3 is 0 Å². The molecule has 0 radical (unpaired) electrons. The van der Waals surface area contributed by atoms with Crippen molar-refractivity contribution in [1.82, 2.24) is 15.0 Å². The Morgan fingerprint density at radius 2 is 0.569 bits per heavy atom. The summed E-state index contributed by atoms with van der Waals surface area (Å²) in [4.78, 5) is 13.8. The van der Waals surface area contributed by atoms with Crippen LogP contribution in [0.25, 0.3) is 110 Å². The molecule has 11 aromatic rings. The molecule has 0 fully saturated rings. The van der Waals surface area contributed by atoms with Crippen LogP contribution >= 0.6 is 0 Å². The third-order valence-corrected chi connectivity index (χ3v) is 11.4. The molecule has 0 amide bonds. The van der Waals surface area contributed by atoms with Crippen LogP contribution in [0.15, 0.2) is 213 Å². The third kappa shape index (κ3) is 6.35. The topological polar surface area (TPSA) is 38.7 Å². The highest BCUT2D eigenvalue weighted by Gasteiger charge is 2.12. The Morgan fingerprint density at radius 1 is 0.224 bits per heavy atom. The van der Waals surface area contributed by atoms with Crippen LogP contribution in [0.2, 0.25) is 0 Å². The quantitative estimate of drug-likeness (QED) is 0.160. The molecule has 3 nitrogen and oxygen atoms in total. The second-order valence-corrected chi connectivity index (χ2v) is 15.0. The van der Waals surface area contributed by atoms with Gasteiger partial charge in [0.2, 0.25) is 0 Å². The van der Waals surface area contributed by atoms with Crippen molar-refractivity contribution < 1.29 is 0 Å². The maximum Gasteiger partial charge on any atom is 0.0715 e. The van der Waals surface area contributed by atoms with Crippen molar-refractivity contribution in [2.45, 2.75) is 0 Å². The van der Waals surface area contributed by atoms with E-state index in [1.54, 1.807) is 0 Å². The molecule has 0 aliphatic heterocycles. The van der Waals surface area contributed by atoms with E-state index in [2.05, 4.69) is 198 Å². The zero-order valence-electron chi connectivity index (χ0n) is 31.5. The minimum absolute atomic E-state index is 0.932. The zero-order valence-corrected chi connectivity index (χ0v) is 31.5. The maximum atomic E-state index is 5.29. The van der Waals surface area contributed by atoms with E-state index in [0.29, 0.717) is 0 Å². The summed E-state index contributed by atoms with van der Waals surface area (Å²) in [6.07, 6.45) is 7.51. The monoisotopic (exact) mass is 737 g/mol. The van der Waals surface area contributed by atoms with Gasteiger partial charge in [0.1, 0.15) is 0 Å². The van der Waals surface area contributed by atoms with Crippen LogP contribution in [0.4, 0.5) is 0 Å². The number of nitrogens with zero attached hydrogens (tertiary/aromatic N) is 3. The van der Waals surface area contributed by atoms with Gasteiger partial charge in [0.05, 0.1) is 11.4 Å². The third-order valence-electron chi connectivity index (χ3n) is 11.4. The van der Waals surface area contributed by atoms with Crippen molar-refractivity contribution in [3.8, 4) is 67.0 Å². The first kappa shape index (κ1) is 33.6. The number of pyridine rings is 3. The Hall–Kier alpha value is -7.75. The number of rotatable bonds is 6. The second kappa shape index (κ2) is 14.1. The molecule has 0 spiro atoms. The Bertz CT molecular complexity index is 3170. The van der Waals surface area contributed by atoms with Crippen molar-refractivity contribution in [3.63, 3.8) is 0 Å². The van der Waals surface area contributed by atoms with E-state index in [4.69, 9.17) is 4.98 Å². The van der Waals surface area contributed by atoms with Gasteiger partial charge in [0, 0.05) is 46.7 Å². The molecule has 0 saturated heterocycles. The summed E-state index contributed by atoms with van der Waals surface area (Å²) < 4.78 is 0. The predicted octanol–water partition coefficient (Wildman–Crippen LogP) is 14.5. The molecule has 8 aromatic carbocycles. The molecule has 0 unspecified atom stereocenters. The van der Waals surface area contributed by atoms with Crippen molar-refractivity contribution in [2.24, 2.45) is 0 Å². The maximum absolute atomic E-state index is 5.29. The van der Waals surface area contributed by atoms with Gasteiger partial charge in [0.25, 0.3) is 0 Å². The van der Waals surface area contributed by atoms with Crippen LogP contribution in [0.5, 0.6) is 0 Å². The van der Waals surface area contributed by atoms with E-state index in [-0.39, 0.29) is 0 Å². The summed E-state index contributed by atoms with van der Waals surface area (Å²) in [6.45, 7) is 0. The summed E-state index contributed by atoms with van der Waals surface area (Å²) in [5.74, 6) is 0. The van der Waals surface area contributed by atoms with Gasteiger partial charge in [0.15, 0.2) is 0 Å². The van der Waals surface area contributed by atoms with E-state index in [9.17, 15) is 0 Å². The van der Waals surface area contributed by atoms with Gasteiger partial charge in [-0.1, -0.05) is 133 Å². The zero-order chi connectivity index (χ0) is 38.4. The average Bonchev–Trinajstić information content (AvgIpc) is 3.30. The summed E-state index contributed by atoms with van der Waals surface area (Å²) in [6, 6.07) is 68.0. The minimum atomic E-state index is 0.932. The van der Waals surface area contributed by atoms with Crippen molar-refractivity contribution in [1.29, 1.82) is 0 Å². The predicted molar refractivity (Wildman–Crippen MR) is 242 cm³/mol. The first-order valence-corrected chi connectivity index (χ1v) is 19.6. The lowest BCUT2D eigenvalue weighted by atomic mass is 9.95. The highest BCUT2D eigenvalue weighted by atomic mass is 14.7. The molecule has 58 heavy (non-hydrogen) atoms. The van der Waals surface area contributed by atoms with E-state index in [1.165, 1.54) is 54.6 Å². The Labute approximate surface area is 336 Å². The molecule has 3 aromatic heterocycles. The number of aromatic nitrogens is 3. The fourth-order valence-corrected chi connectivity index (χ4v) is 8.16. The summed E-state index contributed by atoms with van der Waals surface area (Å²) in [5.41, 5.74) is 13.3. The molecule has 0 bridgehead atoms. The standard InChI is InChI=1S/C55H35N3/c1-2-4-43-30-52-31-46(17-18-47(52)27-42(43)3-1)36-5-7-39(8-6-36)53-32-54(40-13-9-37(10-14-40)44-19-21-50-34-56-25-23-48(50)28-44)58-55(33-53)41-15-11-38(12-16-41)45-20-22-51-35-57-26-24-49(51)29-45/h1-35H. The van der Waals surface area contributed by atoms with E-state index >= 15 is 0 Å². The highest BCUT2D eigenvalue weighted by molar-refractivity contribution is 6.00. The Kier molecular flexibility index (Phi) is 8.15. The SMILES string of the molecule is c1ccc2cc3cc(-c4ccc(-c5cc(-c6ccc(-c7ccc8cnccc8c7)cc6)nc(-c6ccc(-c7ccc8cnccc8c7)cc6)c5)cc4)ccc3cc2c1. The molecule has 3 heterocycles. The van der Waals surface area contributed by atoms with Gasteiger partial charge < -0.3 is 0 Å². The van der Waals surface area contributed by atoms with Gasteiger partial charge in [-0.3, -0.25) is 9.97 Å². The first-order valence-electron chi connectivity index (χ1n) is 19.6. The molecule has 0 saturated carbocycles. The molecular weight excluding hydrogens is 703 g/mol. The lowest BCUT2D eigenvalue weighted by Crippen LogP contribution is -1.92. The molecular formula is C55H35N3. The lowest BCUT2D eigenvalue weighted by molar-refractivity contribution is 1.32. The highest BCUT2D eigenvalue weighted by Crippen LogP contribution is 2.35. The number of hydrogen-bond acceptors (Lipinski definition) is 3. The molecule has 0 aliphatic carbocycles. The summed E-state index contributed by atoms with van der Waals surface area (Å²) in [7, 11) is 0.